The maximum atomic E-state index is 12.8. The number of hydrogen-bond donors (Lipinski definition) is 2. The zero-order valence-corrected chi connectivity index (χ0v) is 17.3. The van der Waals surface area contributed by atoms with Crippen molar-refractivity contribution in [3.05, 3.63) is 24.3 Å². The Morgan fingerprint density at radius 3 is 2.37 bits per heavy atom. The summed E-state index contributed by atoms with van der Waals surface area (Å²) in [6.07, 6.45) is -0.247. The van der Waals surface area contributed by atoms with Gasteiger partial charge in [-0.1, -0.05) is 12.1 Å². The highest BCUT2D eigenvalue weighted by molar-refractivity contribution is 6.14. The van der Waals surface area contributed by atoms with E-state index < -0.39 is 41.5 Å². The van der Waals surface area contributed by atoms with Gasteiger partial charge in [-0.15, -0.1) is 0 Å². The van der Waals surface area contributed by atoms with E-state index in [0.717, 1.165) is 4.90 Å². The number of ether oxygens (including phenoxy) is 1. The molecule has 0 atom stereocenters. The van der Waals surface area contributed by atoms with E-state index in [9.17, 15) is 24.0 Å². The van der Waals surface area contributed by atoms with Gasteiger partial charge in [-0.25, -0.2) is 4.79 Å². The molecule has 10 heteroatoms. The number of carbonyl (C=O) groups excluding carboxylic acids is 5. The molecule has 2 aliphatic rings. The summed E-state index contributed by atoms with van der Waals surface area (Å²) in [6.45, 7) is 5.60. The number of benzene rings is 1. The van der Waals surface area contributed by atoms with Crippen LogP contribution in [0.5, 0.6) is 0 Å². The number of urea groups is 1. The fourth-order valence-electron chi connectivity index (χ4n) is 3.40. The SMILES string of the molecule is CC1(C)NC(=O)N(CCC(=O)OCC(=O)N2c3ccccc3NC(=O)C2(C)C)C1=O. The smallest absolute Gasteiger partial charge is 0.325 e. The van der Waals surface area contributed by atoms with Crippen molar-refractivity contribution in [1.82, 2.24) is 10.2 Å². The largest absolute Gasteiger partial charge is 0.455 e. The van der Waals surface area contributed by atoms with Gasteiger partial charge in [0.05, 0.1) is 17.8 Å². The summed E-state index contributed by atoms with van der Waals surface area (Å²) in [5, 5.41) is 5.27. The Balaban J connectivity index is 1.61. The van der Waals surface area contributed by atoms with E-state index in [4.69, 9.17) is 4.74 Å². The first-order chi connectivity index (χ1) is 13.9. The van der Waals surface area contributed by atoms with E-state index in [1.54, 1.807) is 52.0 Å². The Morgan fingerprint density at radius 2 is 1.73 bits per heavy atom. The van der Waals surface area contributed by atoms with E-state index in [-0.39, 0.29) is 18.9 Å². The molecule has 3 rings (SSSR count). The van der Waals surface area contributed by atoms with Gasteiger partial charge in [0.1, 0.15) is 11.1 Å². The maximum Gasteiger partial charge on any atom is 0.325 e. The number of hydrogen-bond acceptors (Lipinski definition) is 6. The van der Waals surface area contributed by atoms with Gasteiger partial charge in [-0.3, -0.25) is 29.0 Å². The average Bonchev–Trinajstić information content (AvgIpc) is 2.86. The molecule has 1 saturated heterocycles. The van der Waals surface area contributed by atoms with Gasteiger partial charge >= 0.3 is 12.0 Å². The third kappa shape index (κ3) is 3.72. The highest BCUT2D eigenvalue weighted by Crippen LogP contribution is 2.36. The van der Waals surface area contributed by atoms with Crippen LogP contribution in [0.25, 0.3) is 0 Å². The number of para-hydroxylation sites is 2. The molecule has 1 fully saturated rings. The number of esters is 1. The van der Waals surface area contributed by atoms with Crippen LogP contribution in [0.15, 0.2) is 24.3 Å². The Morgan fingerprint density at radius 1 is 1.07 bits per heavy atom. The summed E-state index contributed by atoms with van der Waals surface area (Å²) in [5.74, 6) is -2.09. The summed E-state index contributed by atoms with van der Waals surface area (Å²) in [6, 6.07) is 6.26. The van der Waals surface area contributed by atoms with Crippen LogP contribution in [0, 0.1) is 0 Å². The van der Waals surface area contributed by atoms with E-state index in [2.05, 4.69) is 10.6 Å². The van der Waals surface area contributed by atoms with Crippen LogP contribution in [0.4, 0.5) is 16.2 Å². The number of imide groups is 1. The fraction of sp³-hybridized carbons (Fsp3) is 0.450. The van der Waals surface area contributed by atoms with Gasteiger partial charge < -0.3 is 15.4 Å². The van der Waals surface area contributed by atoms with Gasteiger partial charge in [0.25, 0.3) is 11.8 Å². The molecule has 2 N–H and O–H groups in total. The number of carbonyl (C=O) groups is 5. The lowest BCUT2D eigenvalue weighted by atomic mass is 9.96. The monoisotopic (exact) mass is 416 g/mol. The second kappa shape index (κ2) is 7.43. The molecule has 10 nitrogen and oxygen atoms in total. The molecule has 0 spiro atoms. The van der Waals surface area contributed by atoms with Crippen molar-refractivity contribution in [1.29, 1.82) is 0 Å². The van der Waals surface area contributed by atoms with Crippen LogP contribution >= 0.6 is 0 Å². The van der Waals surface area contributed by atoms with Gasteiger partial charge in [0.15, 0.2) is 6.61 Å². The Kier molecular flexibility index (Phi) is 5.27. The van der Waals surface area contributed by atoms with Crippen LogP contribution in [-0.2, 0) is 23.9 Å². The molecule has 0 aromatic heterocycles. The summed E-state index contributed by atoms with van der Waals surface area (Å²) in [4.78, 5) is 63.5. The highest BCUT2D eigenvalue weighted by Gasteiger charge is 2.45. The van der Waals surface area contributed by atoms with Crippen molar-refractivity contribution >= 4 is 41.1 Å². The van der Waals surface area contributed by atoms with Gasteiger partial charge in [0, 0.05) is 6.54 Å². The lowest BCUT2D eigenvalue weighted by Gasteiger charge is -2.41. The first-order valence-corrected chi connectivity index (χ1v) is 9.48. The average molecular weight is 416 g/mol. The van der Waals surface area contributed by atoms with Crippen molar-refractivity contribution in [3.8, 4) is 0 Å². The molecule has 0 aliphatic carbocycles. The van der Waals surface area contributed by atoms with Crippen molar-refractivity contribution in [2.45, 2.75) is 45.2 Å². The molecule has 5 amide bonds. The minimum atomic E-state index is -1.18. The third-order valence-electron chi connectivity index (χ3n) is 5.10. The molecule has 2 heterocycles. The molecule has 0 saturated carbocycles. The minimum absolute atomic E-state index is 0.151. The summed E-state index contributed by atoms with van der Waals surface area (Å²) in [7, 11) is 0. The van der Waals surface area contributed by atoms with Gasteiger partial charge in [-0.05, 0) is 39.8 Å². The lowest BCUT2D eigenvalue weighted by molar-refractivity contribution is -0.148. The number of rotatable bonds is 5. The Bertz CT molecular complexity index is 939. The molecule has 0 radical (unpaired) electrons. The van der Waals surface area contributed by atoms with Gasteiger partial charge in [-0.2, -0.15) is 0 Å². The second-order valence-corrected chi connectivity index (χ2v) is 8.18. The summed E-state index contributed by atoms with van der Waals surface area (Å²) in [5.41, 5.74) is -1.21. The highest BCUT2D eigenvalue weighted by atomic mass is 16.5. The number of fused-ring (bicyclic) bond motifs is 1. The van der Waals surface area contributed by atoms with Crippen LogP contribution in [0.3, 0.4) is 0 Å². The number of nitrogens with zero attached hydrogens (tertiary/aromatic N) is 2. The minimum Gasteiger partial charge on any atom is -0.455 e. The predicted octanol–water partition coefficient (Wildman–Crippen LogP) is 1.01. The zero-order valence-electron chi connectivity index (χ0n) is 17.3. The molecular formula is C20H24N4O6. The summed E-state index contributed by atoms with van der Waals surface area (Å²) >= 11 is 0. The first-order valence-electron chi connectivity index (χ1n) is 9.48. The van der Waals surface area contributed by atoms with Crippen molar-refractivity contribution in [3.63, 3.8) is 0 Å². The van der Waals surface area contributed by atoms with Crippen molar-refractivity contribution in [2.75, 3.05) is 23.4 Å². The standard InChI is InChI=1S/C20H24N4O6/c1-19(2)17(28)23(18(29)22-19)10-9-15(26)30-11-14(25)24-13-8-6-5-7-12(13)21-16(27)20(24,3)4/h5-8H,9-11H2,1-4H3,(H,21,27)(H,22,29). The van der Waals surface area contributed by atoms with E-state index in [1.165, 1.54) is 4.90 Å². The lowest BCUT2D eigenvalue weighted by Crippen LogP contribution is -2.59. The zero-order chi connectivity index (χ0) is 22.3. The van der Waals surface area contributed by atoms with Crippen LogP contribution < -0.4 is 15.5 Å². The number of nitrogens with one attached hydrogen (secondary N) is 2. The van der Waals surface area contributed by atoms with Crippen molar-refractivity contribution in [2.24, 2.45) is 0 Å². The molecular weight excluding hydrogens is 392 g/mol. The normalized spacial score (nSPS) is 19.1. The second-order valence-electron chi connectivity index (χ2n) is 8.18. The van der Waals surface area contributed by atoms with Crippen molar-refractivity contribution < 1.29 is 28.7 Å². The Hall–Kier alpha value is -3.43. The third-order valence-corrected chi connectivity index (χ3v) is 5.10. The molecule has 160 valence electrons. The number of anilines is 2. The van der Waals surface area contributed by atoms with Crippen LogP contribution in [0.1, 0.15) is 34.1 Å². The van der Waals surface area contributed by atoms with E-state index in [0.29, 0.717) is 11.4 Å². The molecule has 2 aliphatic heterocycles. The van der Waals surface area contributed by atoms with E-state index >= 15 is 0 Å². The quantitative estimate of drug-likeness (QED) is 0.545. The fourth-order valence-corrected chi connectivity index (χ4v) is 3.40. The van der Waals surface area contributed by atoms with E-state index in [1.807, 2.05) is 0 Å². The van der Waals surface area contributed by atoms with Crippen LogP contribution in [-0.4, -0.2) is 58.9 Å². The predicted molar refractivity (Wildman–Crippen MR) is 107 cm³/mol. The molecule has 0 unspecified atom stereocenters. The first kappa shape index (κ1) is 21.3. The molecule has 1 aromatic rings. The Labute approximate surface area is 173 Å². The summed E-state index contributed by atoms with van der Waals surface area (Å²) < 4.78 is 5.05. The topological polar surface area (TPSA) is 125 Å². The molecule has 30 heavy (non-hydrogen) atoms. The molecule has 0 bridgehead atoms. The van der Waals surface area contributed by atoms with Gasteiger partial charge in [0.2, 0.25) is 5.91 Å². The molecule has 1 aromatic carbocycles. The van der Waals surface area contributed by atoms with Crippen LogP contribution in [0.2, 0.25) is 0 Å². The number of amides is 5. The maximum absolute atomic E-state index is 12.8.